The van der Waals surface area contributed by atoms with E-state index in [9.17, 15) is 0 Å². The number of hydrogen-bond donors (Lipinski definition) is 2. The van der Waals surface area contributed by atoms with Gasteiger partial charge in [0, 0.05) is 38.2 Å². The summed E-state index contributed by atoms with van der Waals surface area (Å²) in [6, 6.07) is 14.3. The zero-order chi connectivity index (χ0) is 16.9. The summed E-state index contributed by atoms with van der Waals surface area (Å²) in [6.07, 6.45) is 6.34. The Hall–Kier alpha value is -3.15. The van der Waals surface area contributed by atoms with E-state index in [-0.39, 0.29) is 0 Å². The van der Waals surface area contributed by atoms with Crippen molar-refractivity contribution in [1.82, 2.24) is 15.0 Å². The molecule has 25 heavy (non-hydrogen) atoms. The number of benzene rings is 1. The molecule has 126 valence electrons. The second kappa shape index (κ2) is 7.17. The Morgan fingerprint density at radius 1 is 1.04 bits per heavy atom. The highest BCUT2D eigenvalue weighted by atomic mass is 15.3. The van der Waals surface area contributed by atoms with Gasteiger partial charge in [-0.1, -0.05) is 12.1 Å². The highest BCUT2D eigenvalue weighted by Gasteiger charge is 2.18. The second-order valence-corrected chi connectivity index (χ2v) is 5.87. The van der Waals surface area contributed by atoms with E-state index in [2.05, 4.69) is 37.6 Å². The van der Waals surface area contributed by atoms with Crippen molar-refractivity contribution in [3.05, 3.63) is 66.6 Å². The summed E-state index contributed by atoms with van der Waals surface area (Å²) in [5.41, 5.74) is 3.53. The molecule has 0 unspecified atom stereocenters. The van der Waals surface area contributed by atoms with Crippen molar-refractivity contribution in [2.24, 2.45) is 0 Å². The van der Waals surface area contributed by atoms with Gasteiger partial charge in [-0.25, -0.2) is 4.98 Å². The Labute approximate surface area is 147 Å². The smallest absolute Gasteiger partial charge is 0.224 e. The lowest BCUT2D eigenvalue weighted by atomic mass is 10.2. The molecule has 4 rings (SSSR count). The average molecular weight is 332 g/mol. The average Bonchev–Trinajstić information content (AvgIpc) is 2.69. The van der Waals surface area contributed by atoms with Crippen molar-refractivity contribution in [3.8, 4) is 0 Å². The number of nitrogens with zero attached hydrogens (tertiary/aromatic N) is 4. The Morgan fingerprint density at radius 2 is 1.92 bits per heavy atom. The Balaban J connectivity index is 1.47. The Kier molecular flexibility index (Phi) is 4.41. The number of para-hydroxylation sites is 2. The van der Waals surface area contributed by atoms with Crippen molar-refractivity contribution in [2.75, 3.05) is 35.2 Å². The number of rotatable bonds is 5. The van der Waals surface area contributed by atoms with Gasteiger partial charge in [-0.15, -0.1) is 0 Å². The van der Waals surface area contributed by atoms with E-state index in [1.165, 1.54) is 5.56 Å². The third-order valence-electron chi connectivity index (χ3n) is 4.21. The van der Waals surface area contributed by atoms with E-state index in [0.717, 1.165) is 43.2 Å². The first-order chi connectivity index (χ1) is 12.4. The van der Waals surface area contributed by atoms with E-state index in [0.29, 0.717) is 5.95 Å². The van der Waals surface area contributed by atoms with Crippen LogP contribution in [0.4, 0.5) is 23.1 Å². The van der Waals surface area contributed by atoms with Gasteiger partial charge in [-0.2, -0.15) is 4.98 Å². The quantitative estimate of drug-likeness (QED) is 0.748. The molecule has 0 atom stereocenters. The molecule has 3 heterocycles. The Bertz CT molecular complexity index is 836. The molecule has 6 heteroatoms. The fraction of sp³-hybridized carbons (Fsp3) is 0.211. The van der Waals surface area contributed by atoms with Crippen molar-refractivity contribution >= 4 is 23.1 Å². The van der Waals surface area contributed by atoms with Gasteiger partial charge < -0.3 is 15.5 Å². The zero-order valence-corrected chi connectivity index (χ0v) is 13.9. The molecule has 0 fully saturated rings. The summed E-state index contributed by atoms with van der Waals surface area (Å²) in [5.74, 6) is 1.57. The van der Waals surface area contributed by atoms with Crippen LogP contribution in [0.25, 0.3) is 0 Å². The molecule has 2 N–H and O–H groups in total. The van der Waals surface area contributed by atoms with E-state index in [1.807, 2.05) is 48.9 Å². The van der Waals surface area contributed by atoms with Crippen LogP contribution in [0.5, 0.6) is 0 Å². The standard InChI is InChI=1S/C19H20N6/c1-2-4-17-16(3-1)21-13-14-25(17)18-8-12-23-19(24-18)22-11-7-15-5-9-20-10-6-15/h1-6,8-10,12,21H,7,11,13-14H2,(H,22,23,24). The van der Waals surface area contributed by atoms with Crippen molar-refractivity contribution in [1.29, 1.82) is 0 Å². The maximum Gasteiger partial charge on any atom is 0.224 e. The van der Waals surface area contributed by atoms with Crippen LogP contribution in [0, 0.1) is 0 Å². The number of pyridine rings is 1. The minimum Gasteiger partial charge on any atom is -0.382 e. The number of aromatic nitrogens is 3. The summed E-state index contributed by atoms with van der Waals surface area (Å²) in [5, 5.41) is 6.74. The van der Waals surface area contributed by atoms with Crippen LogP contribution in [0.1, 0.15) is 5.56 Å². The van der Waals surface area contributed by atoms with E-state index < -0.39 is 0 Å². The number of anilines is 4. The first-order valence-electron chi connectivity index (χ1n) is 8.46. The van der Waals surface area contributed by atoms with Gasteiger partial charge in [-0.05, 0) is 42.3 Å². The lowest BCUT2D eigenvalue weighted by Gasteiger charge is -2.31. The molecule has 0 bridgehead atoms. The van der Waals surface area contributed by atoms with Crippen LogP contribution in [-0.4, -0.2) is 34.6 Å². The van der Waals surface area contributed by atoms with Crippen LogP contribution < -0.4 is 15.5 Å². The molecule has 3 aromatic rings. The van der Waals surface area contributed by atoms with Crippen molar-refractivity contribution in [3.63, 3.8) is 0 Å². The number of hydrogen-bond acceptors (Lipinski definition) is 6. The van der Waals surface area contributed by atoms with E-state index in [4.69, 9.17) is 4.98 Å². The fourth-order valence-electron chi connectivity index (χ4n) is 2.97. The predicted molar refractivity (Wildman–Crippen MR) is 100 cm³/mol. The number of nitrogens with one attached hydrogen (secondary N) is 2. The third-order valence-corrected chi connectivity index (χ3v) is 4.21. The van der Waals surface area contributed by atoms with Crippen molar-refractivity contribution in [2.45, 2.75) is 6.42 Å². The summed E-state index contributed by atoms with van der Waals surface area (Å²) in [7, 11) is 0. The maximum atomic E-state index is 4.69. The van der Waals surface area contributed by atoms with Gasteiger partial charge in [0.15, 0.2) is 0 Å². The van der Waals surface area contributed by atoms with E-state index >= 15 is 0 Å². The van der Waals surface area contributed by atoms with Gasteiger partial charge in [0.1, 0.15) is 5.82 Å². The first-order valence-corrected chi connectivity index (χ1v) is 8.46. The summed E-state index contributed by atoms with van der Waals surface area (Å²) < 4.78 is 0. The van der Waals surface area contributed by atoms with Crippen LogP contribution in [0.3, 0.4) is 0 Å². The molecular weight excluding hydrogens is 312 g/mol. The van der Waals surface area contributed by atoms with Crippen LogP contribution in [0.2, 0.25) is 0 Å². The highest BCUT2D eigenvalue weighted by Crippen LogP contribution is 2.33. The largest absolute Gasteiger partial charge is 0.382 e. The minimum absolute atomic E-state index is 0.655. The topological polar surface area (TPSA) is 66.0 Å². The lowest BCUT2D eigenvalue weighted by Crippen LogP contribution is -2.30. The van der Waals surface area contributed by atoms with Crippen molar-refractivity contribution < 1.29 is 0 Å². The van der Waals surface area contributed by atoms with Crippen LogP contribution in [0.15, 0.2) is 61.1 Å². The predicted octanol–water partition coefficient (Wildman–Crippen LogP) is 3.09. The summed E-state index contributed by atoms with van der Waals surface area (Å²) >= 11 is 0. The molecule has 0 amide bonds. The molecule has 2 aromatic heterocycles. The zero-order valence-electron chi connectivity index (χ0n) is 13.9. The Morgan fingerprint density at radius 3 is 2.84 bits per heavy atom. The van der Waals surface area contributed by atoms with Gasteiger partial charge in [0.2, 0.25) is 5.95 Å². The monoisotopic (exact) mass is 332 g/mol. The molecule has 0 saturated heterocycles. The van der Waals surface area contributed by atoms with Gasteiger partial charge in [0.05, 0.1) is 11.4 Å². The molecule has 1 aromatic carbocycles. The summed E-state index contributed by atoms with van der Waals surface area (Å²) in [4.78, 5) is 15.3. The number of fused-ring (bicyclic) bond motifs is 1. The molecular formula is C19H20N6. The molecule has 1 aliphatic rings. The van der Waals surface area contributed by atoms with E-state index in [1.54, 1.807) is 0 Å². The molecule has 0 spiro atoms. The molecule has 1 aliphatic heterocycles. The summed E-state index contributed by atoms with van der Waals surface area (Å²) in [6.45, 7) is 2.56. The third kappa shape index (κ3) is 3.52. The molecule has 0 aliphatic carbocycles. The van der Waals surface area contributed by atoms with Crippen LogP contribution >= 0.6 is 0 Å². The second-order valence-electron chi connectivity index (χ2n) is 5.87. The van der Waals surface area contributed by atoms with Gasteiger partial charge in [-0.3, -0.25) is 4.98 Å². The highest BCUT2D eigenvalue weighted by molar-refractivity contribution is 5.77. The van der Waals surface area contributed by atoms with Gasteiger partial charge in [0.25, 0.3) is 0 Å². The maximum absolute atomic E-state index is 4.69. The molecule has 0 saturated carbocycles. The molecule has 0 radical (unpaired) electrons. The normalized spacial score (nSPS) is 13.0. The SMILES string of the molecule is c1ccc2c(c1)NCCN2c1ccnc(NCCc2ccncc2)n1. The van der Waals surface area contributed by atoms with Crippen LogP contribution in [-0.2, 0) is 6.42 Å². The first kappa shape index (κ1) is 15.4. The molecule has 6 nitrogen and oxygen atoms in total. The lowest BCUT2D eigenvalue weighted by molar-refractivity contribution is 0.898. The fourth-order valence-corrected chi connectivity index (χ4v) is 2.97. The van der Waals surface area contributed by atoms with Gasteiger partial charge >= 0.3 is 0 Å². The minimum atomic E-state index is 0.655.